The summed E-state index contributed by atoms with van der Waals surface area (Å²) >= 11 is 0. The Bertz CT molecular complexity index is 2410. The van der Waals surface area contributed by atoms with Crippen LogP contribution in [0.3, 0.4) is 0 Å². The van der Waals surface area contributed by atoms with E-state index in [1.165, 1.54) is 38.6 Å². The Morgan fingerprint density at radius 1 is 0.354 bits per heavy atom. The summed E-state index contributed by atoms with van der Waals surface area (Å²) in [4.78, 5) is 2.33. The zero-order valence-corrected chi connectivity index (χ0v) is 26.3. The molecule has 1 aliphatic heterocycles. The van der Waals surface area contributed by atoms with Crippen LogP contribution >= 0.6 is 0 Å². The third kappa shape index (κ3) is 4.83. The molecule has 0 amide bonds. The van der Waals surface area contributed by atoms with Gasteiger partial charge in [0.25, 0.3) is 0 Å². The number of hydrogen-bond acceptors (Lipinski definition) is 2. The third-order valence-corrected chi connectivity index (χ3v) is 9.27. The molecule has 0 aromatic heterocycles. The van der Waals surface area contributed by atoms with Gasteiger partial charge in [0, 0.05) is 28.1 Å². The molecule has 8 aromatic rings. The molecular weight excluding hydrogens is 583 g/mol. The fourth-order valence-corrected chi connectivity index (χ4v) is 6.99. The van der Waals surface area contributed by atoms with E-state index in [1.807, 2.05) is 0 Å². The second-order valence-corrected chi connectivity index (χ2v) is 12.1. The molecule has 226 valence electrons. The topological polar surface area (TPSA) is 12.5 Å². The molecule has 0 saturated carbocycles. The van der Waals surface area contributed by atoms with Gasteiger partial charge in [0.2, 0.25) is 0 Å². The second kappa shape index (κ2) is 11.8. The van der Waals surface area contributed by atoms with E-state index in [9.17, 15) is 0 Å². The molecule has 2 heteroatoms. The molecule has 0 N–H and O–H groups in total. The van der Waals surface area contributed by atoms with E-state index in [0.29, 0.717) is 0 Å². The monoisotopic (exact) mass is 613 g/mol. The third-order valence-electron chi connectivity index (χ3n) is 9.27. The minimum atomic E-state index is 0.826. The van der Waals surface area contributed by atoms with Gasteiger partial charge in [0.05, 0.1) is 5.69 Å². The quantitative estimate of drug-likeness (QED) is 0.191. The highest BCUT2D eigenvalue weighted by molar-refractivity contribution is 6.02. The number of nitrogens with zero attached hydrogens (tertiary/aromatic N) is 1. The van der Waals surface area contributed by atoms with Crippen LogP contribution in [0, 0.1) is 0 Å². The summed E-state index contributed by atoms with van der Waals surface area (Å²) in [7, 11) is 0. The maximum atomic E-state index is 7.07. The maximum Gasteiger partial charge on any atom is 0.159 e. The van der Waals surface area contributed by atoms with Gasteiger partial charge in [-0.15, -0.1) is 0 Å². The van der Waals surface area contributed by atoms with Crippen molar-refractivity contribution >= 4 is 27.8 Å². The van der Waals surface area contributed by atoms with Crippen LogP contribution in [0.4, 0.5) is 17.1 Å². The Morgan fingerprint density at radius 2 is 0.938 bits per heavy atom. The molecule has 0 saturated heterocycles. The van der Waals surface area contributed by atoms with Crippen LogP contribution in [0.25, 0.3) is 55.3 Å². The molecule has 0 fully saturated rings. The number of benzene rings is 8. The van der Waals surface area contributed by atoms with Crippen molar-refractivity contribution in [3.63, 3.8) is 0 Å². The van der Waals surface area contributed by atoms with Gasteiger partial charge >= 0.3 is 0 Å². The van der Waals surface area contributed by atoms with E-state index < -0.39 is 0 Å². The number of ether oxygens (including phenoxy) is 1. The van der Waals surface area contributed by atoms with Gasteiger partial charge in [-0.05, 0) is 75.0 Å². The Hall–Kier alpha value is -6.38. The van der Waals surface area contributed by atoms with E-state index in [-0.39, 0.29) is 0 Å². The van der Waals surface area contributed by atoms with Crippen LogP contribution in [0.15, 0.2) is 188 Å². The zero-order chi connectivity index (χ0) is 31.9. The summed E-state index contributed by atoms with van der Waals surface area (Å²) < 4.78 is 7.07. The number of fused-ring (bicyclic) bond motifs is 6. The molecule has 0 radical (unpaired) electrons. The van der Waals surface area contributed by atoms with Gasteiger partial charge in [0.15, 0.2) is 5.75 Å². The van der Waals surface area contributed by atoms with Gasteiger partial charge in [-0.1, -0.05) is 152 Å². The second-order valence-electron chi connectivity index (χ2n) is 12.1. The Kier molecular flexibility index (Phi) is 6.84. The summed E-state index contributed by atoms with van der Waals surface area (Å²) in [5.41, 5.74) is 12.3. The summed E-state index contributed by atoms with van der Waals surface area (Å²) in [5.74, 6) is 1.67. The standard InChI is InChI=1S/C46H31NO/c1-3-13-32(14-4-1)34-25-28-37(29-26-34)47(38-30-27-33-15-7-8-18-36(33)31-38)43-23-12-22-42-45-39(35-16-5-2-6-17-35)20-11-21-41(45)40-19-9-10-24-44(40)48-46(42)43/h1-31H. The molecule has 9 rings (SSSR count). The van der Waals surface area contributed by atoms with Crippen LogP contribution in [-0.2, 0) is 0 Å². The van der Waals surface area contributed by atoms with E-state index in [0.717, 1.165) is 45.3 Å². The lowest BCUT2D eigenvalue weighted by atomic mass is 9.87. The summed E-state index contributed by atoms with van der Waals surface area (Å²) in [6.45, 7) is 0. The normalized spacial score (nSPS) is 11.5. The predicted octanol–water partition coefficient (Wildman–Crippen LogP) is 13.1. The Labute approximate surface area is 280 Å². The first-order chi connectivity index (χ1) is 23.8. The molecule has 0 bridgehead atoms. The number of rotatable bonds is 5. The van der Waals surface area contributed by atoms with Gasteiger partial charge in [-0.3, -0.25) is 0 Å². The van der Waals surface area contributed by atoms with Crippen LogP contribution in [-0.4, -0.2) is 0 Å². The van der Waals surface area contributed by atoms with Crippen molar-refractivity contribution in [1.29, 1.82) is 0 Å². The minimum Gasteiger partial charge on any atom is -0.454 e. The Morgan fingerprint density at radius 3 is 1.75 bits per heavy atom. The van der Waals surface area contributed by atoms with Crippen molar-refractivity contribution in [2.75, 3.05) is 4.90 Å². The number of para-hydroxylation sites is 2. The largest absolute Gasteiger partial charge is 0.454 e. The van der Waals surface area contributed by atoms with Crippen LogP contribution in [0.5, 0.6) is 11.5 Å². The van der Waals surface area contributed by atoms with Crippen molar-refractivity contribution in [3.05, 3.63) is 188 Å². The fourth-order valence-electron chi connectivity index (χ4n) is 6.99. The van der Waals surface area contributed by atoms with E-state index in [2.05, 4.69) is 193 Å². The zero-order valence-electron chi connectivity index (χ0n) is 26.3. The SMILES string of the molecule is c1ccc(-c2ccc(N(c3ccc4ccccc4c3)c3cccc4c3Oc3ccccc3-c3cccc(-c5ccccc5)c3-4)cc2)cc1. The van der Waals surface area contributed by atoms with Crippen molar-refractivity contribution in [2.24, 2.45) is 0 Å². The molecule has 0 spiro atoms. The van der Waals surface area contributed by atoms with E-state index in [4.69, 9.17) is 4.74 Å². The van der Waals surface area contributed by atoms with Crippen LogP contribution in [0.2, 0.25) is 0 Å². The van der Waals surface area contributed by atoms with Crippen molar-refractivity contribution in [2.45, 2.75) is 0 Å². The summed E-state index contributed by atoms with van der Waals surface area (Å²) in [5, 5.41) is 2.39. The first kappa shape index (κ1) is 27.9. The minimum absolute atomic E-state index is 0.826. The smallest absolute Gasteiger partial charge is 0.159 e. The first-order valence-corrected chi connectivity index (χ1v) is 16.4. The predicted molar refractivity (Wildman–Crippen MR) is 200 cm³/mol. The summed E-state index contributed by atoms with van der Waals surface area (Å²) in [6.07, 6.45) is 0. The van der Waals surface area contributed by atoms with Crippen molar-refractivity contribution < 1.29 is 4.74 Å². The lowest BCUT2D eigenvalue weighted by Gasteiger charge is -2.29. The lowest BCUT2D eigenvalue weighted by molar-refractivity contribution is 0.489. The highest BCUT2D eigenvalue weighted by atomic mass is 16.5. The molecule has 48 heavy (non-hydrogen) atoms. The van der Waals surface area contributed by atoms with Gasteiger partial charge in [-0.2, -0.15) is 0 Å². The lowest BCUT2D eigenvalue weighted by Crippen LogP contribution is -2.11. The first-order valence-electron chi connectivity index (χ1n) is 16.4. The van der Waals surface area contributed by atoms with E-state index in [1.54, 1.807) is 0 Å². The van der Waals surface area contributed by atoms with Gasteiger partial charge in [0.1, 0.15) is 5.75 Å². The summed E-state index contributed by atoms with van der Waals surface area (Å²) in [6, 6.07) is 66.8. The molecule has 1 heterocycles. The fraction of sp³-hybridized carbons (Fsp3) is 0. The average Bonchev–Trinajstić information content (AvgIpc) is 3.31. The molecule has 2 nitrogen and oxygen atoms in total. The van der Waals surface area contributed by atoms with Gasteiger partial charge in [-0.25, -0.2) is 0 Å². The molecule has 8 aromatic carbocycles. The molecular formula is C46H31NO. The van der Waals surface area contributed by atoms with Gasteiger partial charge < -0.3 is 9.64 Å². The maximum absolute atomic E-state index is 7.07. The molecule has 0 aliphatic carbocycles. The number of anilines is 3. The van der Waals surface area contributed by atoms with Crippen molar-refractivity contribution in [3.8, 4) is 56.0 Å². The highest BCUT2D eigenvalue weighted by Gasteiger charge is 2.28. The number of hydrogen-bond donors (Lipinski definition) is 0. The average molecular weight is 614 g/mol. The Balaban J connectivity index is 1.30. The van der Waals surface area contributed by atoms with Crippen LogP contribution < -0.4 is 9.64 Å². The highest BCUT2D eigenvalue weighted by Crippen LogP contribution is 2.54. The molecule has 1 aliphatic rings. The van der Waals surface area contributed by atoms with Crippen LogP contribution in [0.1, 0.15) is 0 Å². The molecule has 0 atom stereocenters. The van der Waals surface area contributed by atoms with Crippen molar-refractivity contribution in [1.82, 2.24) is 0 Å². The molecule has 0 unspecified atom stereocenters. The van der Waals surface area contributed by atoms with E-state index >= 15 is 0 Å².